The van der Waals surface area contributed by atoms with Gasteiger partial charge in [0, 0.05) is 12.6 Å². The number of aryl methyl sites for hydroxylation is 4. The maximum Gasteiger partial charge on any atom is 0.241 e. The van der Waals surface area contributed by atoms with E-state index in [4.69, 9.17) is 4.52 Å². The van der Waals surface area contributed by atoms with Crippen LogP contribution in [0.15, 0.2) is 27.6 Å². The Morgan fingerprint density at radius 1 is 1.00 bits per heavy atom. The van der Waals surface area contributed by atoms with Gasteiger partial charge in [0.05, 0.1) is 10.6 Å². The van der Waals surface area contributed by atoms with Crippen LogP contribution in [0.4, 0.5) is 5.82 Å². The Balaban J connectivity index is 2.05. The lowest BCUT2D eigenvalue weighted by Crippen LogP contribution is -2.32. The Morgan fingerprint density at radius 2 is 1.60 bits per heavy atom. The molecule has 2 N–H and O–H groups in total. The highest BCUT2D eigenvalue weighted by atomic mass is 32.2. The molecule has 0 radical (unpaired) electrons. The van der Waals surface area contributed by atoms with Crippen molar-refractivity contribution < 1.29 is 21.4 Å². The summed E-state index contributed by atoms with van der Waals surface area (Å²) in [5.41, 5.74) is 2.19. The van der Waals surface area contributed by atoms with Crippen LogP contribution >= 0.6 is 0 Å². The lowest BCUT2D eigenvalue weighted by Gasteiger charge is -2.13. The molecule has 1 heterocycles. The Hall–Kier alpha value is -1.91. The summed E-state index contributed by atoms with van der Waals surface area (Å²) in [6.45, 7) is 6.67. The van der Waals surface area contributed by atoms with Gasteiger partial charge in [0.1, 0.15) is 5.76 Å². The Labute approximate surface area is 147 Å². The van der Waals surface area contributed by atoms with Crippen LogP contribution < -0.4 is 9.44 Å². The summed E-state index contributed by atoms with van der Waals surface area (Å²) in [6.07, 6.45) is 0. The molecule has 1 aromatic carbocycles. The fraction of sp³-hybridized carbons (Fsp3) is 0.400. The third kappa shape index (κ3) is 5.03. The van der Waals surface area contributed by atoms with E-state index in [0.29, 0.717) is 16.9 Å². The van der Waals surface area contributed by atoms with E-state index in [0.717, 1.165) is 5.56 Å². The number of anilines is 1. The van der Waals surface area contributed by atoms with Crippen molar-refractivity contribution in [2.75, 3.05) is 17.0 Å². The van der Waals surface area contributed by atoms with Gasteiger partial charge in [-0.05, 0) is 38.8 Å². The molecule has 0 atom stereocenters. The molecule has 0 saturated heterocycles. The molecule has 0 aliphatic rings. The highest BCUT2D eigenvalue weighted by molar-refractivity contribution is 7.92. The Morgan fingerprint density at radius 3 is 2.12 bits per heavy atom. The van der Waals surface area contributed by atoms with Crippen LogP contribution in [0.5, 0.6) is 0 Å². The minimum Gasteiger partial charge on any atom is -0.360 e. The second-order valence-electron chi connectivity index (χ2n) is 5.87. The van der Waals surface area contributed by atoms with Crippen LogP contribution in [-0.4, -0.2) is 34.3 Å². The lowest BCUT2D eigenvalue weighted by atomic mass is 10.1. The highest BCUT2D eigenvalue weighted by Crippen LogP contribution is 2.21. The second-order valence-corrected chi connectivity index (χ2v) is 9.42. The number of hydrogen-bond donors (Lipinski definition) is 2. The molecule has 8 nitrogen and oxygen atoms in total. The first-order valence-corrected chi connectivity index (χ1v) is 10.6. The highest BCUT2D eigenvalue weighted by Gasteiger charge is 2.21. The minimum atomic E-state index is -3.81. The third-order valence-electron chi connectivity index (χ3n) is 3.42. The number of hydrogen-bond acceptors (Lipinski definition) is 6. The van der Waals surface area contributed by atoms with E-state index >= 15 is 0 Å². The molecule has 10 heteroatoms. The molecule has 2 aromatic rings. The third-order valence-corrected chi connectivity index (χ3v) is 6.45. The molecule has 1 aromatic heterocycles. The molecule has 0 saturated carbocycles. The predicted octanol–water partition coefficient (Wildman–Crippen LogP) is 1.63. The largest absolute Gasteiger partial charge is 0.360 e. The fourth-order valence-electron chi connectivity index (χ4n) is 2.60. The topological polar surface area (TPSA) is 118 Å². The van der Waals surface area contributed by atoms with Crippen molar-refractivity contribution in [1.29, 1.82) is 0 Å². The molecule has 25 heavy (non-hydrogen) atoms. The fourth-order valence-corrected chi connectivity index (χ4v) is 5.10. The van der Waals surface area contributed by atoms with E-state index in [1.807, 2.05) is 6.92 Å². The first-order chi connectivity index (χ1) is 11.5. The van der Waals surface area contributed by atoms with E-state index in [2.05, 4.69) is 14.6 Å². The zero-order valence-electron chi connectivity index (χ0n) is 14.5. The predicted molar refractivity (Wildman–Crippen MR) is 94.5 cm³/mol. The van der Waals surface area contributed by atoms with Crippen molar-refractivity contribution in [3.8, 4) is 0 Å². The molecule has 0 unspecified atom stereocenters. The van der Waals surface area contributed by atoms with E-state index < -0.39 is 25.8 Å². The molecule has 0 bridgehead atoms. The summed E-state index contributed by atoms with van der Waals surface area (Å²) in [6, 6.07) is 4.97. The van der Waals surface area contributed by atoms with Gasteiger partial charge in [0.2, 0.25) is 20.0 Å². The number of benzene rings is 1. The van der Waals surface area contributed by atoms with Crippen LogP contribution in [0, 0.1) is 27.7 Å². The zero-order valence-corrected chi connectivity index (χ0v) is 16.1. The van der Waals surface area contributed by atoms with Crippen molar-refractivity contribution in [2.24, 2.45) is 0 Å². The summed E-state index contributed by atoms with van der Waals surface area (Å²) >= 11 is 0. The van der Waals surface area contributed by atoms with Gasteiger partial charge >= 0.3 is 0 Å². The van der Waals surface area contributed by atoms with Gasteiger partial charge in [-0.15, -0.1) is 0 Å². The number of rotatable bonds is 7. The van der Waals surface area contributed by atoms with Crippen LogP contribution in [0.2, 0.25) is 0 Å². The summed E-state index contributed by atoms with van der Waals surface area (Å²) in [7, 11) is -7.56. The first-order valence-electron chi connectivity index (χ1n) is 7.51. The minimum absolute atomic E-state index is 0.0607. The molecule has 0 aliphatic carbocycles. The maximum atomic E-state index is 12.5. The summed E-state index contributed by atoms with van der Waals surface area (Å²) in [4.78, 5) is 0.176. The average molecular weight is 387 g/mol. The van der Waals surface area contributed by atoms with Crippen LogP contribution in [-0.2, 0) is 20.0 Å². The van der Waals surface area contributed by atoms with Gasteiger partial charge in [-0.3, -0.25) is 4.72 Å². The normalized spacial score (nSPS) is 12.3. The summed E-state index contributed by atoms with van der Waals surface area (Å²) in [5, 5.41) is 3.53. The number of nitrogens with one attached hydrogen (secondary N) is 2. The molecular weight excluding hydrogens is 366 g/mol. The van der Waals surface area contributed by atoms with E-state index in [-0.39, 0.29) is 17.3 Å². The van der Waals surface area contributed by atoms with Gasteiger partial charge in [-0.2, -0.15) is 0 Å². The van der Waals surface area contributed by atoms with Crippen LogP contribution in [0.1, 0.15) is 22.5 Å². The smallest absolute Gasteiger partial charge is 0.241 e. The molecule has 0 aliphatic heterocycles. The summed E-state index contributed by atoms with van der Waals surface area (Å²) in [5.74, 6) is 0.0940. The van der Waals surface area contributed by atoms with Gasteiger partial charge in [-0.1, -0.05) is 22.9 Å². The van der Waals surface area contributed by atoms with Crippen molar-refractivity contribution in [1.82, 2.24) is 9.88 Å². The Bertz CT molecular complexity index is 955. The first kappa shape index (κ1) is 19.4. The second kappa shape index (κ2) is 7.14. The maximum absolute atomic E-state index is 12.5. The molecular formula is C15H21N3O5S2. The van der Waals surface area contributed by atoms with Crippen LogP contribution in [0.25, 0.3) is 0 Å². The number of sulfonamides is 2. The van der Waals surface area contributed by atoms with Crippen molar-refractivity contribution >= 4 is 25.9 Å². The summed E-state index contributed by atoms with van der Waals surface area (Å²) < 4.78 is 58.3. The number of aromatic nitrogens is 1. The van der Waals surface area contributed by atoms with Crippen molar-refractivity contribution in [3.63, 3.8) is 0 Å². The van der Waals surface area contributed by atoms with E-state index in [9.17, 15) is 16.8 Å². The molecule has 0 amide bonds. The molecule has 0 fully saturated rings. The molecule has 138 valence electrons. The molecule has 2 rings (SSSR count). The monoisotopic (exact) mass is 387 g/mol. The number of nitrogens with zero attached hydrogens (tertiary/aromatic N) is 1. The quantitative estimate of drug-likeness (QED) is 0.745. The Kier molecular flexibility index (Phi) is 5.55. The van der Waals surface area contributed by atoms with Crippen molar-refractivity contribution in [2.45, 2.75) is 32.6 Å². The molecule has 0 spiro atoms. The van der Waals surface area contributed by atoms with E-state index in [1.165, 1.54) is 6.07 Å². The van der Waals surface area contributed by atoms with Gasteiger partial charge in [0.15, 0.2) is 5.82 Å². The van der Waals surface area contributed by atoms with Crippen molar-refractivity contribution in [3.05, 3.63) is 40.6 Å². The van der Waals surface area contributed by atoms with Crippen LogP contribution in [0.3, 0.4) is 0 Å². The average Bonchev–Trinajstić information content (AvgIpc) is 2.80. The standard InChI is InChI=1S/C15H21N3O5S2/c1-10-7-11(2)15(12(3)8-10)25(21,22)16-5-6-24(19,20)18-14-9-13(4)23-17-14/h7-9,16H,5-6H2,1-4H3,(H,17,18). The van der Waals surface area contributed by atoms with Gasteiger partial charge in [0.25, 0.3) is 0 Å². The zero-order chi connectivity index (χ0) is 18.8. The lowest BCUT2D eigenvalue weighted by molar-refractivity contribution is 0.400. The van der Waals surface area contributed by atoms with Gasteiger partial charge < -0.3 is 4.52 Å². The van der Waals surface area contributed by atoms with Gasteiger partial charge in [-0.25, -0.2) is 21.6 Å². The van der Waals surface area contributed by atoms with E-state index in [1.54, 1.807) is 32.9 Å². The SMILES string of the molecule is Cc1cc(C)c(S(=O)(=O)NCCS(=O)(=O)Nc2cc(C)on2)c(C)c1.